The second kappa shape index (κ2) is 5.98. The van der Waals surface area contributed by atoms with Crippen molar-refractivity contribution in [1.82, 2.24) is 9.88 Å². The Labute approximate surface area is 144 Å². The first-order valence-electron chi connectivity index (χ1n) is 7.80. The number of phenolic OH excluding ortho intramolecular Hbond substituents is 1. The largest absolute Gasteiger partial charge is 0.506 e. The number of hydrogen-bond acceptors (Lipinski definition) is 3. The predicted octanol–water partition coefficient (Wildman–Crippen LogP) is 2.94. The Morgan fingerprint density at radius 3 is 2.71 bits per heavy atom. The van der Waals surface area contributed by atoms with Gasteiger partial charge in [0.2, 0.25) is 0 Å². The van der Waals surface area contributed by atoms with Crippen LogP contribution in [0.15, 0.2) is 23.0 Å². The van der Waals surface area contributed by atoms with Crippen LogP contribution in [0.5, 0.6) is 5.75 Å². The first-order chi connectivity index (χ1) is 11.3. The third kappa shape index (κ3) is 2.69. The summed E-state index contributed by atoms with van der Waals surface area (Å²) in [5, 5.41) is 9.87. The van der Waals surface area contributed by atoms with E-state index in [0.29, 0.717) is 17.5 Å². The average Bonchev–Trinajstić information content (AvgIpc) is 2.49. The van der Waals surface area contributed by atoms with Gasteiger partial charge in [0.05, 0.1) is 17.1 Å². The molecular weight excluding hydrogens is 328 g/mol. The molecule has 0 radical (unpaired) electrons. The summed E-state index contributed by atoms with van der Waals surface area (Å²) in [4.78, 5) is 29.6. The van der Waals surface area contributed by atoms with E-state index in [1.54, 1.807) is 11.0 Å². The van der Waals surface area contributed by atoms with Gasteiger partial charge in [0.25, 0.3) is 11.5 Å². The number of pyridine rings is 1. The maximum Gasteiger partial charge on any atom is 0.256 e. The molecule has 2 heterocycles. The summed E-state index contributed by atoms with van der Waals surface area (Å²) in [5.74, 6) is -0.369. The molecule has 1 unspecified atom stereocenters. The van der Waals surface area contributed by atoms with Gasteiger partial charge in [-0.1, -0.05) is 17.7 Å². The van der Waals surface area contributed by atoms with Crippen molar-refractivity contribution < 1.29 is 9.90 Å². The molecule has 1 aliphatic rings. The number of nitrogens with zero attached hydrogens (tertiary/aromatic N) is 1. The summed E-state index contributed by atoms with van der Waals surface area (Å²) in [5.41, 5.74) is 3.18. The van der Waals surface area contributed by atoms with Gasteiger partial charge in [0.1, 0.15) is 5.75 Å². The maximum atomic E-state index is 12.9. The Bertz CT molecular complexity index is 889. The van der Waals surface area contributed by atoms with Crippen molar-refractivity contribution in [3.05, 3.63) is 61.5 Å². The summed E-state index contributed by atoms with van der Waals surface area (Å²) in [6, 6.07) is 5.06. The summed E-state index contributed by atoms with van der Waals surface area (Å²) in [6.07, 6.45) is 0.629. The molecule has 1 aromatic carbocycles. The summed E-state index contributed by atoms with van der Waals surface area (Å²) < 4.78 is 0. The predicted molar refractivity (Wildman–Crippen MR) is 92.7 cm³/mol. The zero-order valence-electron chi connectivity index (χ0n) is 13.8. The summed E-state index contributed by atoms with van der Waals surface area (Å²) in [7, 11) is 0. The van der Waals surface area contributed by atoms with Crippen LogP contribution in [-0.4, -0.2) is 26.9 Å². The fourth-order valence-corrected chi connectivity index (χ4v) is 3.52. The lowest BCUT2D eigenvalue weighted by Gasteiger charge is -2.35. The first-order valence-corrected chi connectivity index (χ1v) is 8.18. The number of carbonyl (C=O) groups is 1. The minimum Gasteiger partial charge on any atom is -0.506 e. The molecule has 0 spiro atoms. The van der Waals surface area contributed by atoms with Crippen molar-refractivity contribution in [2.45, 2.75) is 39.8 Å². The highest BCUT2D eigenvalue weighted by molar-refractivity contribution is 6.35. The molecule has 3 rings (SSSR count). The van der Waals surface area contributed by atoms with E-state index in [-0.39, 0.29) is 34.8 Å². The number of H-pyrrole nitrogens is 1. The fraction of sp³-hybridized carbons (Fsp3) is 0.333. The normalized spacial score (nSPS) is 17.1. The zero-order valence-corrected chi connectivity index (χ0v) is 14.6. The highest BCUT2D eigenvalue weighted by Crippen LogP contribution is 2.35. The van der Waals surface area contributed by atoms with Gasteiger partial charge in [-0.2, -0.15) is 0 Å². The number of amides is 1. The van der Waals surface area contributed by atoms with Crippen LogP contribution in [-0.2, 0) is 13.0 Å². The number of aromatic nitrogens is 1. The second-order valence-corrected chi connectivity index (χ2v) is 6.74. The van der Waals surface area contributed by atoms with E-state index in [4.69, 9.17) is 11.6 Å². The third-order valence-electron chi connectivity index (χ3n) is 4.55. The lowest BCUT2D eigenvalue weighted by molar-refractivity contribution is 0.0648. The molecule has 24 heavy (non-hydrogen) atoms. The quantitative estimate of drug-likeness (QED) is 0.878. The minimum absolute atomic E-state index is 0.0642. The van der Waals surface area contributed by atoms with E-state index in [0.717, 1.165) is 16.8 Å². The molecule has 0 saturated heterocycles. The second-order valence-electron chi connectivity index (χ2n) is 6.36. The van der Waals surface area contributed by atoms with E-state index in [1.807, 2.05) is 26.8 Å². The molecule has 6 heteroatoms. The van der Waals surface area contributed by atoms with Gasteiger partial charge in [-0.25, -0.2) is 0 Å². The van der Waals surface area contributed by atoms with Crippen LogP contribution in [0.4, 0.5) is 0 Å². The van der Waals surface area contributed by atoms with Crippen LogP contribution in [0, 0.1) is 13.8 Å². The standard InChI is InChI=1S/C18H19ClN2O3/c1-9-6-10(2)20-17(23)13(9)8-21-11(3)7-12-4-5-14(22)16(19)15(12)18(21)24/h4-6,11,22H,7-8H2,1-3H3,(H,20,23). The van der Waals surface area contributed by atoms with E-state index < -0.39 is 0 Å². The molecule has 0 saturated carbocycles. The smallest absolute Gasteiger partial charge is 0.256 e. The maximum absolute atomic E-state index is 12.9. The summed E-state index contributed by atoms with van der Waals surface area (Å²) >= 11 is 6.14. The van der Waals surface area contributed by atoms with Crippen molar-refractivity contribution in [2.24, 2.45) is 0 Å². The molecule has 0 aliphatic carbocycles. The van der Waals surface area contributed by atoms with Crippen LogP contribution in [0.25, 0.3) is 0 Å². The van der Waals surface area contributed by atoms with Gasteiger partial charge in [-0.3, -0.25) is 9.59 Å². The average molecular weight is 347 g/mol. The number of fused-ring (bicyclic) bond motifs is 1. The van der Waals surface area contributed by atoms with Crippen LogP contribution < -0.4 is 5.56 Å². The molecule has 2 aromatic rings. The number of rotatable bonds is 2. The molecular formula is C18H19ClN2O3. The fourth-order valence-electron chi connectivity index (χ4n) is 3.25. The van der Waals surface area contributed by atoms with E-state index >= 15 is 0 Å². The third-order valence-corrected chi connectivity index (χ3v) is 4.93. The highest BCUT2D eigenvalue weighted by atomic mass is 35.5. The van der Waals surface area contributed by atoms with Crippen LogP contribution in [0.1, 0.15) is 39.7 Å². The van der Waals surface area contributed by atoms with Crippen LogP contribution in [0.2, 0.25) is 5.02 Å². The van der Waals surface area contributed by atoms with Gasteiger partial charge in [-0.15, -0.1) is 0 Å². The van der Waals surface area contributed by atoms with Gasteiger partial charge in [0.15, 0.2) is 0 Å². The zero-order chi connectivity index (χ0) is 17.6. The molecule has 5 nitrogen and oxygen atoms in total. The number of carbonyl (C=O) groups excluding carboxylic acids is 1. The molecule has 126 valence electrons. The van der Waals surface area contributed by atoms with Crippen molar-refractivity contribution >= 4 is 17.5 Å². The van der Waals surface area contributed by atoms with Gasteiger partial charge in [0, 0.05) is 17.3 Å². The topological polar surface area (TPSA) is 73.4 Å². The number of halogens is 1. The van der Waals surface area contributed by atoms with E-state index in [1.165, 1.54) is 6.07 Å². The number of aromatic hydroxyl groups is 1. The monoisotopic (exact) mass is 346 g/mol. The highest BCUT2D eigenvalue weighted by Gasteiger charge is 2.33. The molecule has 2 N–H and O–H groups in total. The Morgan fingerprint density at radius 2 is 2.04 bits per heavy atom. The lowest BCUT2D eigenvalue weighted by atomic mass is 9.93. The minimum atomic E-state index is -0.260. The molecule has 1 aliphatic heterocycles. The van der Waals surface area contributed by atoms with Crippen LogP contribution >= 0.6 is 11.6 Å². The van der Waals surface area contributed by atoms with Crippen molar-refractivity contribution in [3.63, 3.8) is 0 Å². The number of aryl methyl sites for hydroxylation is 2. The molecule has 0 bridgehead atoms. The van der Waals surface area contributed by atoms with Crippen molar-refractivity contribution in [2.75, 3.05) is 0 Å². The van der Waals surface area contributed by atoms with E-state index in [2.05, 4.69) is 4.98 Å². The number of aromatic amines is 1. The molecule has 1 atom stereocenters. The Morgan fingerprint density at radius 1 is 1.33 bits per heavy atom. The SMILES string of the molecule is Cc1cc(C)c(CN2C(=O)c3c(ccc(O)c3Cl)CC2C)c(=O)[nH]1. The Kier molecular flexibility index (Phi) is 4.13. The number of hydrogen-bond donors (Lipinski definition) is 2. The Hall–Kier alpha value is -2.27. The first kappa shape index (κ1) is 16.6. The Balaban J connectivity index is 2.03. The number of phenols is 1. The molecule has 1 aromatic heterocycles. The molecule has 0 fully saturated rings. The summed E-state index contributed by atoms with van der Waals surface area (Å²) in [6.45, 7) is 5.85. The van der Waals surface area contributed by atoms with E-state index in [9.17, 15) is 14.7 Å². The molecule has 1 amide bonds. The van der Waals surface area contributed by atoms with Crippen molar-refractivity contribution in [3.8, 4) is 5.75 Å². The van der Waals surface area contributed by atoms with Gasteiger partial charge >= 0.3 is 0 Å². The number of benzene rings is 1. The lowest BCUT2D eigenvalue weighted by Crippen LogP contribution is -2.44. The van der Waals surface area contributed by atoms with Gasteiger partial charge in [-0.05, 0) is 50.5 Å². The van der Waals surface area contributed by atoms with Crippen molar-refractivity contribution in [1.29, 1.82) is 0 Å². The van der Waals surface area contributed by atoms with Gasteiger partial charge < -0.3 is 15.0 Å². The van der Waals surface area contributed by atoms with Crippen LogP contribution in [0.3, 0.4) is 0 Å². The number of nitrogens with one attached hydrogen (secondary N) is 1.